The molecule has 1 N–H and O–H groups in total. The fourth-order valence-corrected chi connectivity index (χ4v) is 4.19. The van der Waals surface area contributed by atoms with E-state index in [1.54, 1.807) is 0 Å². The zero-order chi connectivity index (χ0) is 14.5. The van der Waals surface area contributed by atoms with E-state index < -0.39 is 0 Å². The van der Waals surface area contributed by atoms with E-state index in [4.69, 9.17) is 0 Å². The normalized spacial score (nSPS) is 30.6. The number of nitrogens with one attached hydrogen (secondary N) is 1. The van der Waals surface area contributed by atoms with Crippen molar-refractivity contribution in [3.63, 3.8) is 0 Å². The number of anilines is 1. The van der Waals surface area contributed by atoms with Gasteiger partial charge in [-0.15, -0.1) is 0 Å². The Labute approximate surface area is 128 Å². The predicted octanol–water partition coefficient (Wildman–Crippen LogP) is 4.77. The number of halogens is 1. The summed E-state index contributed by atoms with van der Waals surface area (Å²) in [6, 6.07) is 7.73. The summed E-state index contributed by atoms with van der Waals surface area (Å²) in [7, 11) is 0. The second kappa shape index (κ2) is 4.45. The van der Waals surface area contributed by atoms with Gasteiger partial charge in [-0.25, -0.2) is 0 Å². The molecule has 2 saturated carbocycles. The number of hydrogen-bond acceptors (Lipinski definition) is 1. The van der Waals surface area contributed by atoms with E-state index in [9.17, 15) is 4.79 Å². The quantitative estimate of drug-likeness (QED) is 0.776. The Kier molecular flexibility index (Phi) is 3.09. The van der Waals surface area contributed by atoms with E-state index in [0.717, 1.165) is 35.0 Å². The topological polar surface area (TPSA) is 29.1 Å². The lowest BCUT2D eigenvalue weighted by molar-refractivity contribution is -0.123. The summed E-state index contributed by atoms with van der Waals surface area (Å²) >= 11 is 3.41. The predicted molar refractivity (Wildman–Crippen MR) is 85.5 cm³/mol. The van der Waals surface area contributed by atoms with Gasteiger partial charge in [0.25, 0.3) is 0 Å². The molecular weight excluding hydrogens is 314 g/mol. The first-order valence-corrected chi connectivity index (χ1v) is 7.92. The van der Waals surface area contributed by atoms with Gasteiger partial charge in [0.05, 0.1) is 5.41 Å². The average molecular weight is 334 g/mol. The van der Waals surface area contributed by atoms with Gasteiger partial charge in [0, 0.05) is 10.2 Å². The molecule has 0 spiro atoms. The van der Waals surface area contributed by atoms with Crippen molar-refractivity contribution in [1.82, 2.24) is 0 Å². The number of rotatable bonds is 2. The summed E-state index contributed by atoms with van der Waals surface area (Å²) < 4.78 is 1.01. The second-order valence-electron chi connectivity index (χ2n) is 6.68. The van der Waals surface area contributed by atoms with E-state index in [-0.39, 0.29) is 16.7 Å². The first-order chi connectivity index (χ1) is 9.36. The molecule has 1 amide bonds. The van der Waals surface area contributed by atoms with Crippen LogP contribution in [0.3, 0.4) is 0 Å². The van der Waals surface area contributed by atoms with Gasteiger partial charge in [-0.05, 0) is 54.9 Å². The minimum absolute atomic E-state index is 0.0926. The van der Waals surface area contributed by atoms with E-state index >= 15 is 0 Å². The highest BCUT2D eigenvalue weighted by molar-refractivity contribution is 9.10. The second-order valence-corrected chi connectivity index (χ2v) is 7.60. The highest BCUT2D eigenvalue weighted by Crippen LogP contribution is 2.65. The van der Waals surface area contributed by atoms with Gasteiger partial charge in [0.2, 0.25) is 5.91 Å². The van der Waals surface area contributed by atoms with E-state index in [1.807, 2.05) is 24.3 Å². The molecule has 0 aliphatic heterocycles. The molecule has 2 bridgehead atoms. The van der Waals surface area contributed by atoms with Crippen LogP contribution in [0.1, 0.15) is 33.1 Å². The Morgan fingerprint density at radius 1 is 1.35 bits per heavy atom. The van der Waals surface area contributed by atoms with E-state index in [2.05, 4.69) is 41.7 Å². The van der Waals surface area contributed by atoms with Crippen LogP contribution in [0.15, 0.2) is 40.9 Å². The smallest absolute Gasteiger partial charge is 0.234 e. The molecule has 20 heavy (non-hydrogen) atoms. The van der Waals surface area contributed by atoms with Crippen molar-refractivity contribution in [2.75, 3.05) is 5.32 Å². The lowest BCUT2D eigenvalue weighted by atomic mass is 9.68. The van der Waals surface area contributed by atoms with Gasteiger partial charge in [0.15, 0.2) is 0 Å². The molecule has 106 valence electrons. The van der Waals surface area contributed by atoms with Crippen LogP contribution in [0.25, 0.3) is 0 Å². The standard InChI is InChI=1S/C17H20BrNO/c1-11-16(2,3)12-8-9-17(11,10-12)15(20)19-14-6-4-13(18)5-7-14/h4-7,12H,1,8-10H2,2-3H3,(H,19,20)/t12-,17+/m0/s1. The Balaban J connectivity index is 1.84. The third kappa shape index (κ3) is 1.86. The van der Waals surface area contributed by atoms with E-state index in [1.165, 1.54) is 0 Å². The highest BCUT2D eigenvalue weighted by atomic mass is 79.9. The van der Waals surface area contributed by atoms with Crippen LogP contribution in [0, 0.1) is 16.7 Å². The van der Waals surface area contributed by atoms with Gasteiger partial charge >= 0.3 is 0 Å². The molecule has 1 aromatic rings. The summed E-state index contributed by atoms with van der Waals surface area (Å²) in [5.74, 6) is 0.726. The number of benzene rings is 1. The lowest BCUT2D eigenvalue weighted by Gasteiger charge is -2.37. The van der Waals surface area contributed by atoms with Crippen LogP contribution in [-0.4, -0.2) is 5.91 Å². The van der Waals surface area contributed by atoms with Crippen LogP contribution >= 0.6 is 15.9 Å². The number of carbonyl (C=O) groups excluding carboxylic acids is 1. The first-order valence-electron chi connectivity index (χ1n) is 7.13. The largest absolute Gasteiger partial charge is 0.325 e. The molecule has 2 atom stereocenters. The number of fused-ring (bicyclic) bond motifs is 2. The fraction of sp³-hybridized carbons (Fsp3) is 0.471. The van der Waals surface area contributed by atoms with Gasteiger partial charge in [-0.3, -0.25) is 4.79 Å². The molecule has 2 nitrogen and oxygen atoms in total. The molecular formula is C17H20BrNO. The molecule has 2 aliphatic carbocycles. The van der Waals surface area contributed by atoms with Crippen molar-refractivity contribution < 1.29 is 4.79 Å². The van der Waals surface area contributed by atoms with Crippen LogP contribution in [0.2, 0.25) is 0 Å². The summed E-state index contributed by atoms with van der Waals surface area (Å²) in [6.07, 6.45) is 3.04. The average Bonchev–Trinajstić information content (AvgIpc) is 2.93. The van der Waals surface area contributed by atoms with Crippen molar-refractivity contribution >= 4 is 27.5 Å². The molecule has 2 fully saturated rings. The van der Waals surface area contributed by atoms with Crippen molar-refractivity contribution in [2.24, 2.45) is 16.7 Å². The zero-order valence-electron chi connectivity index (χ0n) is 12.0. The van der Waals surface area contributed by atoms with Crippen LogP contribution in [0.5, 0.6) is 0 Å². The number of carbonyl (C=O) groups is 1. The summed E-state index contributed by atoms with van der Waals surface area (Å²) in [6.45, 7) is 8.73. The van der Waals surface area contributed by atoms with Gasteiger partial charge in [0.1, 0.15) is 0 Å². The lowest BCUT2D eigenvalue weighted by Crippen LogP contribution is -2.37. The van der Waals surface area contributed by atoms with Gasteiger partial charge in [-0.2, -0.15) is 0 Å². The van der Waals surface area contributed by atoms with E-state index in [0.29, 0.717) is 5.92 Å². The number of amides is 1. The monoisotopic (exact) mass is 333 g/mol. The molecule has 0 aromatic heterocycles. The summed E-state index contributed by atoms with van der Waals surface area (Å²) in [4.78, 5) is 12.8. The zero-order valence-corrected chi connectivity index (χ0v) is 13.6. The molecule has 1 aromatic carbocycles. The van der Waals surface area contributed by atoms with Crippen molar-refractivity contribution in [1.29, 1.82) is 0 Å². The van der Waals surface area contributed by atoms with Gasteiger partial charge < -0.3 is 5.32 Å². The van der Waals surface area contributed by atoms with Crippen molar-refractivity contribution in [3.05, 3.63) is 40.9 Å². The first kappa shape index (κ1) is 13.9. The van der Waals surface area contributed by atoms with Gasteiger partial charge in [-0.1, -0.05) is 41.9 Å². The Hall–Kier alpha value is -1.09. The maximum atomic E-state index is 12.8. The third-order valence-corrected chi connectivity index (χ3v) is 5.96. The molecule has 3 rings (SSSR count). The van der Waals surface area contributed by atoms with Crippen molar-refractivity contribution in [2.45, 2.75) is 33.1 Å². The molecule has 2 aliphatic rings. The minimum atomic E-state index is -0.346. The third-order valence-electron chi connectivity index (χ3n) is 5.43. The Morgan fingerprint density at radius 2 is 2.00 bits per heavy atom. The maximum absolute atomic E-state index is 12.8. The van der Waals surface area contributed by atoms with Crippen LogP contribution in [0.4, 0.5) is 5.69 Å². The Bertz CT molecular complexity index is 575. The summed E-state index contributed by atoms with van der Waals surface area (Å²) in [5.41, 5.74) is 1.72. The van der Waals surface area contributed by atoms with Crippen LogP contribution < -0.4 is 5.32 Å². The maximum Gasteiger partial charge on any atom is 0.234 e. The molecule has 0 saturated heterocycles. The molecule has 0 radical (unpaired) electrons. The highest BCUT2D eigenvalue weighted by Gasteiger charge is 2.60. The molecule has 0 unspecified atom stereocenters. The SMILES string of the molecule is C=C1C(C)(C)[C@H]2CC[C@@]1(C(=O)Nc1ccc(Br)cc1)C2. The minimum Gasteiger partial charge on any atom is -0.325 e. The fourth-order valence-electron chi connectivity index (χ4n) is 3.93. The molecule has 3 heteroatoms. The Morgan fingerprint density at radius 3 is 2.55 bits per heavy atom. The molecule has 0 heterocycles. The summed E-state index contributed by atoms with van der Waals surface area (Å²) in [5, 5.41) is 3.08. The number of hydrogen-bond donors (Lipinski definition) is 1. The van der Waals surface area contributed by atoms with Crippen molar-refractivity contribution in [3.8, 4) is 0 Å². The van der Waals surface area contributed by atoms with Crippen LogP contribution in [-0.2, 0) is 4.79 Å².